The Bertz CT molecular complexity index is 1230. The first-order valence-electron chi connectivity index (χ1n) is 8.53. The maximum Gasteiger partial charge on any atom is 0.257 e. The molecule has 0 saturated carbocycles. The number of carbonyl (C=O) groups is 1. The average Bonchev–Trinajstić information content (AvgIpc) is 3.02. The molecule has 158 valence electrons. The Hall–Kier alpha value is -3.11. The number of benzene rings is 1. The molecule has 8 nitrogen and oxygen atoms in total. The lowest BCUT2D eigenvalue weighted by Gasteiger charge is -2.09. The van der Waals surface area contributed by atoms with E-state index in [0.717, 1.165) is 6.26 Å². The van der Waals surface area contributed by atoms with E-state index in [2.05, 4.69) is 15.0 Å². The number of aromatic nitrogens is 2. The van der Waals surface area contributed by atoms with Gasteiger partial charge in [-0.3, -0.25) is 9.52 Å². The van der Waals surface area contributed by atoms with Crippen LogP contribution in [0.4, 0.5) is 15.8 Å². The van der Waals surface area contributed by atoms with Gasteiger partial charge in [-0.2, -0.15) is 0 Å². The van der Waals surface area contributed by atoms with Gasteiger partial charge in [0.25, 0.3) is 5.91 Å². The number of ether oxygens (including phenoxy) is 1. The van der Waals surface area contributed by atoms with Gasteiger partial charge in [-0.15, -0.1) is 0 Å². The third-order valence-electron chi connectivity index (χ3n) is 4.00. The number of sulfonamides is 1. The van der Waals surface area contributed by atoms with Crippen LogP contribution in [0, 0.1) is 5.82 Å². The minimum Gasteiger partial charge on any atom is -0.481 e. The van der Waals surface area contributed by atoms with E-state index in [-0.39, 0.29) is 33.5 Å². The van der Waals surface area contributed by atoms with E-state index in [1.165, 1.54) is 49.7 Å². The SMILES string of the molecule is COc1ccc(F)c(-c2cc(C(=O)Nc3cc(Cl)cc(NS(C)(=O)=O)c3)cn2C)n1. The Balaban J connectivity index is 1.88. The maximum atomic E-state index is 14.3. The van der Waals surface area contributed by atoms with E-state index in [4.69, 9.17) is 16.3 Å². The zero-order valence-electron chi connectivity index (χ0n) is 16.2. The topological polar surface area (TPSA) is 102 Å². The first-order chi connectivity index (χ1) is 14.1. The van der Waals surface area contributed by atoms with Crippen LogP contribution < -0.4 is 14.8 Å². The monoisotopic (exact) mass is 452 g/mol. The number of hydrogen-bond acceptors (Lipinski definition) is 5. The van der Waals surface area contributed by atoms with Crippen LogP contribution >= 0.6 is 11.6 Å². The Kier molecular flexibility index (Phi) is 5.99. The van der Waals surface area contributed by atoms with Crippen LogP contribution in [0.5, 0.6) is 5.88 Å². The van der Waals surface area contributed by atoms with Crippen LogP contribution in [-0.4, -0.2) is 37.2 Å². The van der Waals surface area contributed by atoms with Crippen LogP contribution in [0.25, 0.3) is 11.4 Å². The summed E-state index contributed by atoms with van der Waals surface area (Å²) in [6, 6.07) is 8.43. The van der Waals surface area contributed by atoms with Crippen LogP contribution in [0.2, 0.25) is 5.02 Å². The summed E-state index contributed by atoms with van der Waals surface area (Å²) in [6.07, 6.45) is 2.52. The highest BCUT2D eigenvalue weighted by molar-refractivity contribution is 7.92. The molecule has 0 aliphatic rings. The third kappa shape index (κ3) is 5.08. The van der Waals surface area contributed by atoms with Gasteiger partial charge in [-0.1, -0.05) is 11.6 Å². The molecule has 0 radical (unpaired) electrons. The highest BCUT2D eigenvalue weighted by Gasteiger charge is 2.17. The zero-order chi connectivity index (χ0) is 22.1. The molecule has 30 heavy (non-hydrogen) atoms. The molecule has 0 aliphatic carbocycles. The smallest absolute Gasteiger partial charge is 0.257 e. The van der Waals surface area contributed by atoms with Gasteiger partial charge in [-0.25, -0.2) is 17.8 Å². The number of anilines is 2. The number of halogens is 2. The molecular formula is C19H18ClFN4O4S. The number of nitrogens with zero attached hydrogens (tertiary/aromatic N) is 2. The summed E-state index contributed by atoms with van der Waals surface area (Å²) in [5.74, 6) is -0.813. The molecule has 2 heterocycles. The third-order valence-corrected chi connectivity index (χ3v) is 4.82. The Morgan fingerprint density at radius 2 is 1.90 bits per heavy atom. The van der Waals surface area contributed by atoms with E-state index in [0.29, 0.717) is 5.69 Å². The second-order valence-electron chi connectivity index (χ2n) is 6.47. The minimum absolute atomic E-state index is 0.0401. The number of hydrogen-bond donors (Lipinski definition) is 2. The second-order valence-corrected chi connectivity index (χ2v) is 8.65. The quantitative estimate of drug-likeness (QED) is 0.595. The van der Waals surface area contributed by atoms with Gasteiger partial charge in [0.15, 0.2) is 5.82 Å². The predicted octanol–water partition coefficient (Wildman–Crippen LogP) is 3.51. The van der Waals surface area contributed by atoms with E-state index >= 15 is 0 Å². The number of methoxy groups -OCH3 is 1. The molecule has 2 aromatic heterocycles. The van der Waals surface area contributed by atoms with Crippen LogP contribution in [0.1, 0.15) is 10.4 Å². The Morgan fingerprint density at radius 3 is 2.57 bits per heavy atom. The fourth-order valence-electron chi connectivity index (χ4n) is 2.78. The number of aryl methyl sites for hydroxylation is 1. The lowest BCUT2D eigenvalue weighted by molar-refractivity contribution is 0.102. The molecule has 0 aliphatic heterocycles. The van der Waals surface area contributed by atoms with Crippen molar-refractivity contribution >= 4 is 38.9 Å². The van der Waals surface area contributed by atoms with Crippen molar-refractivity contribution in [3.05, 3.63) is 59.0 Å². The molecule has 0 saturated heterocycles. The molecule has 0 spiro atoms. The molecule has 1 aromatic carbocycles. The van der Waals surface area contributed by atoms with Crippen molar-refractivity contribution in [3.63, 3.8) is 0 Å². The Labute approximate surface area is 177 Å². The zero-order valence-corrected chi connectivity index (χ0v) is 17.8. The molecule has 0 unspecified atom stereocenters. The number of carbonyl (C=O) groups excluding carboxylic acids is 1. The molecule has 0 bridgehead atoms. The van der Waals surface area contributed by atoms with Gasteiger partial charge in [-0.05, 0) is 30.3 Å². The van der Waals surface area contributed by atoms with Crippen LogP contribution in [0.3, 0.4) is 0 Å². The van der Waals surface area contributed by atoms with Gasteiger partial charge in [0.2, 0.25) is 15.9 Å². The number of pyridine rings is 1. The summed E-state index contributed by atoms with van der Waals surface area (Å²) < 4.78 is 46.0. The largest absolute Gasteiger partial charge is 0.481 e. The van der Waals surface area contributed by atoms with Gasteiger partial charge in [0.05, 0.1) is 30.3 Å². The van der Waals surface area contributed by atoms with E-state index in [1.54, 1.807) is 11.6 Å². The van der Waals surface area contributed by atoms with Crippen molar-refractivity contribution in [2.75, 3.05) is 23.4 Å². The molecular weight excluding hydrogens is 435 g/mol. The summed E-state index contributed by atoms with van der Waals surface area (Å²) in [4.78, 5) is 16.8. The fourth-order valence-corrected chi connectivity index (χ4v) is 3.56. The van der Waals surface area contributed by atoms with E-state index in [1.807, 2.05) is 0 Å². The normalized spacial score (nSPS) is 11.2. The Morgan fingerprint density at radius 1 is 1.20 bits per heavy atom. The predicted molar refractivity (Wildman–Crippen MR) is 113 cm³/mol. The van der Waals surface area contributed by atoms with Crippen molar-refractivity contribution in [1.82, 2.24) is 9.55 Å². The number of nitrogens with one attached hydrogen (secondary N) is 2. The van der Waals surface area contributed by atoms with Gasteiger partial charge >= 0.3 is 0 Å². The second kappa shape index (κ2) is 8.33. The van der Waals surface area contributed by atoms with Crippen molar-refractivity contribution in [3.8, 4) is 17.3 Å². The van der Waals surface area contributed by atoms with Gasteiger partial charge in [0, 0.05) is 30.0 Å². The number of amides is 1. The van der Waals surface area contributed by atoms with Crippen molar-refractivity contribution in [1.29, 1.82) is 0 Å². The maximum absolute atomic E-state index is 14.3. The molecule has 2 N–H and O–H groups in total. The molecule has 1 amide bonds. The summed E-state index contributed by atoms with van der Waals surface area (Å²) in [5, 5.41) is 2.88. The minimum atomic E-state index is -3.51. The molecule has 0 fully saturated rings. The average molecular weight is 453 g/mol. The molecule has 3 aromatic rings. The standard InChI is InChI=1S/C19H18ClFN4O4S/c1-25-10-11(6-16(25)18-15(21)4-5-17(23-18)29-2)19(26)22-13-7-12(20)8-14(9-13)24-30(3,27)28/h4-10,24H,1-3H3,(H,22,26). The lowest BCUT2D eigenvalue weighted by atomic mass is 10.2. The van der Waals surface area contributed by atoms with E-state index < -0.39 is 21.7 Å². The summed E-state index contributed by atoms with van der Waals surface area (Å²) >= 11 is 6.01. The molecule has 3 rings (SSSR count). The van der Waals surface area contributed by atoms with Crippen LogP contribution in [0.15, 0.2) is 42.6 Å². The van der Waals surface area contributed by atoms with E-state index in [9.17, 15) is 17.6 Å². The highest BCUT2D eigenvalue weighted by atomic mass is 35.5. The molecule has 0 atom stereocenters. The van der Waals surface area contributed by atoms with Gasteiger partial charge < -0.3 is 14.6 Å². The summed E-state index contributed by atoms with van der Waals surface area (Å²) in [6.45, 7) is 0. The van der Waals surface area contributed by atoms with Crippen molar-refractivity contribution in [2.24, 2.45) is 7.05 Å². The first-order valence-corrected chi connectivity index (χ1v) is 10.8. The number of rotatable bonds is 6. The summed E-state index contributed by atoms with van der Waals surface area (Å²) in [7, 11) is -0.436. The molecule has 11 heteroatoms. The summed E-state index contributed by atoms with van der Waals surface area (Å²) in [5.41, 5.74) is 1.15. The first kappa shape index (κ1) is 21.6. The fraction of sp³-hybridized carbons (Fsp3) is 0.158. The van der Waals surface area contributed by atoms with Crippen molar-refractivity contribution in [2.45, 2.75) is 0 Å². The van der Waals surface area contributed by atoms with Crippen LogP contribution in [-0.2, 0) is 17.1 Å². The highest BCUT2D eigenvalue weighted by Crippen LogP contribution is 2.27. The van der Waals surface area contributed by atoms with Gasteiger partial charge in [0.1, 0.15) is 5.69 Å². The lowest BCUT2D eigenvalue weighted by Crippen LogP contribution is -2.13. The van der Waals surface area contributed by atoms with Crippen molar-refractivity contribution < 1.29 is 22.3 Å².